The summed E-state index contributed by atoms with van der Waals surface area (Å²) in [6.45, 7) is -0.344. The van der Waals surface area contributed by atoms with Crippen LogP contribution in [0, 0.1) is 10.1 Å². The number of nitro groups is 1. The molecule has 3 rings (SSSR count). The molecule has 0 bridgehead atoms. The third-order valence-corrected chi connectivity index (χ3v) is 3.64. The number of amides is 2. The van der Waals surface area contributed by atoms with Crippen molar-refractivity contribution in [1.29, 1.82) is 0 Å². The maximum atomic E-state index is 12.0. The highest BCUT2D eigenvalue weighted by molar-refractivity contribution is 6.02. The van der Waals surface area contributed by atoms with Gasteiger partial charge >= 0.3 is 0 Å². The molecule has 3 aromatic rings. The Balaban J connectivity index is 1.52. The molecule has 0 aliphatic carbocycles. The first kappa shape index (κ1) is 19.4. The number of benzene rings is 2. The number of furan rings is 1. The van der Waals surface area contributed by atoms with Gasteiger partial charge in [0.1, 0.15) is 11.4 Å². The molecule has 0 spiro atoms. The fraction of sp³-hybridized carbons (Fsp3) is 0.0526. The summed E-state index contributed by atoms with van der Waals surface area (Å²) < 4.78 is 10.4. The summed E-state index contributed by atoms with van der Waals surface area (Å²) in [5, 5.41) is 13.6. The van der Waals surface area contributed by atoms with Gasteiger partial charge in [-0.25, -0.2) is 0 Å². The van der Waals surface area contributed by atoms with Gasteiger partial charge in [0.2, 0.25) is 0 Å². The van der Waals surface area contributed by atoms with E-state index in [4.69, 9.17) is 9.15 Å². The van der Waals surface area contributed by atoms with Gasteiger partial charge in [-0.2, -0.15) is 0 Å². The van der Waals surface area contributed by atoms with Gasteiger partial charge < -0.3 is 14.5 Å². The Morgan fingerprint density at radius 3 is 2.66 bits per heavy atom. The first-order valence-corrected chi connectivity index (χ1v) is 8.39. The Bertz CT molecular complexity index is 1020. The molecule has 29 heavy (non-hydrogen) atoms. The normalized spacial score (nSPS) is 10.1. The third kappa shape index (κ3) is 5.32. The Labute approximate surface area is 164 Å². The van der Waals surface area contributed by atoms with Crippen LogP contribution in [0.1, 0.15) is 10.6 Å². The number of ether oxygens (including phenoxy) is 1. The highest BCUT2D eigenvalue weighted by atomic mass is 16.6. The number of anilines is 2. The molecular formula is C19H16N4O6. The zero-order chi connectivity index (χ0) is 20.6. The molecule has 0 fully saturated rings. The average Bonchev–Trinajstić information content (AvgIpc) is 3.26. The van der Waals surface area contributed by atoms with E-state index >= 15 is 0 Å². The number of nitrogens with one attached hydrogen (secondary N) is 3. The van der Waals surface area contributed by atoms with E-state index in [1.54, 1.807) is 36.4 Å². The van der Waals surface area contributed by atoms with Crippen LogP contribution in [0.15, 0.2) is 71.3 Å². The molecular weight excluding hydrogens is 380 g/mol. The number of rotatable bonds is 8. The minimum absolute atomic E-state index is 0.147. The fourth-order valence-corrected chi connectivity index (χ4v) is 2.32. The Kier molecular flexibility index (Phi) is 6.05. The molecule has 0 unspecified atom stereocenters. The highest BCUT2D eigenvalue weighted by Crippen LogP contribution is 2.22. The van der Waals surface area contributed by atoms with Crippen molar-refractivity contribution in [3.8, 4) is 5.75 Å². The molecule has 1 heterocycles. The van der Waals surface area contributed by atoms with Crippen LogP contribution in [0.2, 0.25) is 0 Å². The Morgan fingerprint density at radius 1 is 1.07 bits per heavy atom. The smallest absolute Gasteiger partial charge is 0.294 e. The summed E-state index contributed by atoms with van der Waals surface area (Å²) in [4.78, 5) is 34.3. The second-order valence-electron chi connectivity index (χ2n) is 5.70. The molecule has 10 heteroatoms. The summed E-state index contributed by atoms with van der Waals surface area (Å²) in [7, 11) is 0. The molecule has 1 aromatic heterocycles. The summed E-state index contributed by atoms with van der Waals surface area (Å²) in [5.74, 6) is -0.452. The number of carbonyl (C=O) groups is 2. The van der Waals surface area contributed by atoms with E-state index in [2.05, 4.69) is 16.2 Å². The molecule has 148 valence electrons. The topological polar surface area (TPSA) is 136 Å². The van der Waals surface area contributed by atoms with E-state index in [9.17, 15) is 19.7 Å². The average molecular weight is 396 g/mol. The lowest BCUT2D eigenvalue weighted by Crippen LogP contribution is -2.33. The molecule has 3 N–H and O–H groups in total. The van der Waals surface area contributed by atoms with Crippen LogP contribution in [0.5, 0.6) is 5.75 Å². The number of para-hydroxylation sites is 2. The number of carbonyl (C=O) groups excluding carboxylic acids is 2. The molecule has 0 saturated carbocycles. The second kappa shape index (κ2) is 9.04. The summed E-state index contributed by atoms with van der Waals surface area (Å²) in [5.41, 5.74) is 5.26. The van der Waals surface area contributed by atoms with Gasteiger partial charge in [0.25, 0.3) is 17.5 Å². The summed E-state index contributed by atoms with van der Waals surface area (Å²) in [6.07, 6.45) is 1.39. The largest absolute Gasteiger partial charge is 0.484 e. The number of nitrogens with zero attached hydrogens (tertiary/aromatic N) is 1. The van der Waals surface area contributed by atoms with Gasteiger partial charge in [0.05, 0.1) is 11.2 Å². The molecule has 0 radical (unpaired) electrons. The Morgan fingerprint density at radius 2 is 1.90 bits per heavy atom. The molecule has 0 aliphatic heterocycles. The van der Waals surface area contributed by atoms with Crippen molar-refractivity contribution < 1.29 is 23.7 Å². The zero-order valence-corrected chi connectivity index (χ0v) is 15.0. The Hall–Kier alpha value is -4.34. The number of nitro benzene ring substituents is 1. The molecule has 2 aromatic carbocycles. The SMILES string of the molecule is O=C(COc1cccc(NC(=O)c2ccco2)c1)NNc1ccccc1[N+](=O)[O-]. The highest BCUT2D eigenvalue weighted by Gasteiger charge is 2.13. The van der Waals surface area contributed by atoms with Crippen molar-refractivity contribution >= 4 is 28.9 Å². The number of hydrazine groups is 1. The van der Waals surface area contributed by atoms with Crippen LogP contribution >= 0.6 is 0 Å². The van der Waals surface area contributed by atoms with Crippen molar-refractivity contribution in [3.05, 3.63) is 82.8 Å². The number of hydrogen-bond acceptors (Lipinski definition) is 7. The summed E-state index contributed by atoms with van der Waals surface area (Å²) >= 11 is 0. The van der Waals surface area contributed by atoms with Crippen LogP contribution in [-0.4, -0.2) is 23.3 Å². The van der Waals surface area contributed by atoms with E-state index in [1.807, 2.05) is 0 Å². The van der Waals surface area contributed by atoms with Crippen LogP contribution < -0.4 is 20.9 Å². The van der Waals surface area contributed by atoms with Crippen LogP contribution in [0.3, 0.4) is 0 Å². The van der Waals surface area contributed by atoms with E-state index in [0.717, 1.165) is 0 Å². The predicted octanol–water partition coefficient (Wildman–Crippen LogP) is 2.96. The van der Waals surface area contributed by atoms with E-state index in [-0.39, 0.29) is 23.7 Å². The van der Waals surface area contributed by atoms with E-state index < -0.39 is 16.7 Å². The van der Waals surface area contributed by atoms with Gasteiger partial charge in [0.15, 0.2) is 12.4 Å². The van der Waals surface area contributed by atoms with Gasteiger partial charge in [-0.05, 0) is 30.3 Å². The molecule has 0 saturated heterocycles. The van der Waals surface area contributed by atoms with Gasteiger partial charge in [0, 0.05) is 17.8 Å². The lowest BCUT2D eigenvalue weighted by atomic mass is 10.3. The minimum Gasteiger partial charge on any atom is -0.484 e. The maximum Gasteiger partial charge on any atom is 0.294 e. The zero-order valence-electron chi connectivity index (χ0n) is 15.0. The second-order valence-corrected chi connectivity index (χ2v) is 5.70. The van der Waals surface area contributed by atoms with Gasteiger partial charge in [-0.1, -0.05) is 18.2 Å². The van der Waals surface area contributed by atoms with Crippen molar-refractivity contribution in [2.24, 2.45) is 0 Å². The summed E-state index contributed by atoms with van der Waals surface area (Å²) in [6, 6.07) is 15.5. The van der Waals surface area contributed by atoms with Crippen molar-refractivity contribution in [2.45, 2.75) is 0 Å². The van der Waals surface area contributed by atoms with Crippen molar-refractivity contribution in [1.82, 2.24) is 5.43 Å². The number of hydrogen-bond donors (Lipinski definition) is 3. The standard InChI is InChI=1S/C19H16N4O6/c24-18(22-21-15-7-1-2-8-16(15)23(26)27)12-29-14-6-3-5-13(11-14)20-19(25)17-9-4-10-28-17/h1-11,21H,12H2,(H,20,25)(H,22,24). The van der Waals surface area contributed by atoms with Gasteiger partial charge in [-0.15, -0.1) is 0 Å². The molecule has 0 atom stereocenters. The van der Waals surface area contributed by atoms with Gasteiger partial charge in [-0.3, -0.25) is 30.6 Å². The predicted molar refractivity (Wildman–Crippen MR) is 103 cm³/mol. The van der Waals surface area contributed by atoms with Crippen molar-refractivity contribution in [2.75, 3.05) is 17.3 Å². The van der Waals surface area contributed by atoms with Crippen molar-refractivity contribution in [3.63, 3.8) is 0 Å². The third-order valence-electron chi connectivity index (χ3n) is 3.64. The maximum absolute atomic E-state index is 12.0. The van der Waals surface area contributed by atoms with E-state index in [0.29, 0.717) is 11.4 Å². The first-order valence-electron chi connectivity index (χ1n) is 8.39. The molecule has 2 amide bonds. The lowest BCUT2D eigenvalue weighted by molar-refractivity contribution is -0.384. The monoisotopic (exact) mass is 396 g/mol. The minimum atomic E-state index is -0.562. The first-order chi connectivity index (χ1) is 14.0. The fourth-order valence-electron chi connectivity index (χ4n) is 2.32. The lowest BCUT2D eigenvalue weighted by Gasteiger charge is -2.11. The molecule has 0 aliphatic rings. The molecule has 10 nitrogen and oxygen atoms in total. The van der Waals surface area contributed by atoms with E-state index in [1.165, 1.54) is 30.5 Å². The van der Waals surface area contributed by atoms with Crippen LogP contribution in [0.4, 0.5) is 17.1 Å². The van der Waals surface area contributed by atoms with Crippen LogP contribution in [-0.2, 0) is 4.79 Å². The van der Waals surface area contributed by atoms with Crippen LogP contribution in [0.25, 0.3) is 0 Å². The quantitative estimate of drug-likeness (QED) is 0.393.